The van der Waals surface area contributed by atoms with E-state index in [-0.39, 0.29) is 25.2 Å². The predicted molar refractivity (Wildman–Crippen MR) is 124 cm³/mol. The maximum atomic E-state index is 12.8. The molecule has 0 aliphatic rings. The number of hydrogen-bond donors (Lipinski definition) is 8. The lowest BCUT2D eigenvalue weighted by atomic mass is 10.0. The van der Waals surface area contributed by atoms with Gasteiger partial charge in [0, 0.05) is 6.42 Å². The molecular weight excluding hydrogens is 464 g/mol. The Kier molecular flexibility index (Phi) is 14.9. The summed E-state index contributed by atoms with van der Waals surface area (Å²) in [5.41, 5.74) is 16.3. The Hall–Kier alpha value is -3.26. The first-order valence-corrected chi connectivity index (χ1v) is 11.4. The van der Waals surface area contributed by atoms with E-state index < -0.39 is 66.2 Å². The van der Waals surface area contributed by atoms with Crippen molar-refractivity contribution in [1.82, 2.24) is 16.0 Å². The number of hydrogen-bond acceptors (Lipinski definition) is 8. The van der Waals surface area contributed by atoms with Crippen molar-refractivity contribution in [2.24, 2.45) is 23.1 Å². The number of carbonyl (C=O) groups is 6. The molecule has 4 unspecified atom stereocenters. The Balaban J connectivity index is 5.53. The average molecular weight is 503 g/mol. The molecule has 0 spiro atoms. The van der Waals surface area contributed by atoms with Crippen LogP contribution in [-0.2, 0) is 28.8 Å². The third kappa shape index (κ3) is 13.9. The zero-order valence-electron chi connectivity index (χ0n) is 20.1. The summed E-state index contributed by atoms with van der Waals surface area (Å²) in [6.07, 6.45) is -0.0556. The molecule has 0 fully saturated rings. The number of amides is 4. The molecule has 200 valence electrons. The normalized spacial score (nSPS) is 14.3. The van der Waals surface area contributed by atoms with Crippen molar-refractivity contribution in [2.75, 3.05) is 6.54 Å². The maximum Gasteiger partial charge on any atom is 0.326 e. The Bertz CT molecular complexity index is 760. The molecule has 0 bridgehead atoms. The summed E-state index contributed by atoms with van der Waals surface area (Å²) >= 11 is 0. The summed E-state index contributed by atoms with van der Waals surface area (Å²) in [7, 11) is 0. The van der Waals surface area contributed by atoms with Crippen LogP contribution in [0.15, 0.2) is 0 Å². The lowest BCUT2D eigenvalue weighted by molar-refractivity contribution is -0.143. The molecule has 0 rings (SSSR count). The molecule has 35 heavy (non-hydrogen) atoms. The number of carboxylic acids is 2. The summed E-state index contributed by atoms with van der Waals surface area (Å²) in [4.78, 5) is 71.8. The van der Waals surface area contributed by atoms with Crippen molar-refractivity contribution in [1.29, 1.82) is 0 Å². The first kappa shape index (κ1) is 31.7. The van der Waals surface area contributed by atoms with Crippen molar-refractivity contribution in [3.05, 3.63) is 0 Å². The van der Waals surface area contributed by atoms with Crippen molar-refractivity contribution in [3.63, 3.8) is 0 Å². The Morgan fingerprint density at radius 2 is 1.34 bits per heavy atom. The highest BCUT2D eigenvalue weighted by Crippen LogP contribution is 2.07. The van der Waals surface area contributed by atoms with E-state index >= 15 is 0 Å². The maximum absolute atomic E-state index is 12.8. The molecule has 0 aliphatic heterocycles. The van der Waals surface area contributed by atoms with E-state index in [9.17, 15) is 39.0 Å². The zero-order valence-corrected chi connectivity index (χ0v) is 20.1. The molecule has 0 heterocycles. The lowest BCUT2D eigenvalue weighted by Crippen LogP contribution is -2.57. The Morgan fingerprint density at radius 3 is 1.83 bits per heavy atom. The first-order valence-electron chi connectivity index (χ1n) is 11.4. The van der Waals surface area contributed by atoms with E-state index in [4.69, 9.17) is 17.2 Å². The summed E-state index contributed by atoms with van der Waals surface area (Å²) in [6, 6.07) is -5.24. The first-order chi connectivity index (χ1) is 16.3. The quantitative estimate of drug-likeness (QED) is 0.0935. The number of unbranched alkanes of at least 4 members (excludes halogenated alkanes) is 1. The third-order valence-corrected chi connectivity index (χ3v) is 4.95. The van der Waals surface area contributed by atoms with E-state index in [0.29, 0.717) is 25.8 Å². The van der Waals surface area contributed by atoms with Gasteiger partial charge in [0.15, 0.2) is 0 Å². The van der Waals surface area contributed by atoms with Gasteiger partial charge < -0.3 is 43.4 Å². The summed E-state index contributed by atoms with van der Waals surface area (Å²) < 4.78 is 0. The molecule has 0 saturated heterocycles. The van der Waals surface area contributed by atoms with E-state index in [2.05, 4.69) is 16.0 Å². The minimum atomic E-state index is -1.64. The van der Waals surface area contributed by atoms with Crippen LogP contribution in [0.25, 0.3) is 0 Å². The van der Waals surface area contributed by atoms with Gasteiger partial charge in [-0.15, -0.1) is 0 Å². The van der Waals surface area contributed by atoms with Crippen LogP contribution in [0.2, 0.25) is 0 Å². The van der Waals surface area contributed by atoms with Gasteiger partial charge in [-0.3, -0.25) is 24.0 Å². The van der Waals surface area contributed by atoms with Gasteiger partial charge in [0.1, 0.15) is 18.1 Å². The molecule has 0 aromatic rings. The fraction of sp³-hybridized carbons (Fsp3) is 0.714. The summed E-state index contributed by atoms with van der Waals surface area (Å²) in [6.45, 7) is 4.02. The van der Waals surface area contributed by atoms with Crippen LogP contribution in [0.5, 0.6) is 0 Å². The fourth-order valence-electron chi connectivity index (χ4n) is 3.13. The zero-order chi connectivity index (χ0) is 27.1. The molecule has 14 heteroatoms. The lowest BCUT2D eigenvalue weighted by Gasteiger charge is -2.24. The molecule has 0 saturated carbocycles. The van der Waals surface area contributed by atoms with Gasteiger partial charge in [0.25, 0.3) is 0 Å². The van der Waals surface area contributed by atoms with Crippen LogP contribution in [0.3, 0.4) is 0 Å². The number of carbonyl (C=O) groups excluding carboxylic acids is 4. The second kappa shape index (κ2) is 16.4. The predicted octanol–water partition coefficient (Wildman–Crippen LogP) is -2.23. The van der Waals surface area contributed by atoms with Gasteiger partial charge in [-0.1, -0.05) is 13.8 Å². The summed E-state index contributed by atoms with van der Waals surface area (Å²) in [5.74, 6) is -6.08. The van der Waals surface area contributed by atoms with E-state index in [1.54, 1.807) is 0 Å². The Morgan fingerprint density at radius 1 is 0.800 bits per heavy atom. The van der Waals surface area contributed by atoms with E-state index in [1.807, 2.05) is 13.8 Å². The minimum Gasteiger partial charge on any atom is -0.481 e. The minimum absolute atomic E-state index is 0.0526. The number of nitrogens with one attached hydrogen (secondary N) is 3. The van der Waals surface area contributed by atoms with Crippen molar-refractivity contribution in [2.45, 2.75) is 83.0 Å². The number of rotatable bonds is 18. The molecule has 11 N–H and O–H groups in total. The highest BCUT2D eigenvalue weighted by molar-refractivity contribution is 5.95. The Labute approximate surface area is 203 Å². The van der Waals surface area contributed by atoms with Gasteiger partial charge in [-0.05, 0) is 44.6 Å². The van der Waals surface area contributed by atoms with Gasteiger partial charge in [-0.25, -0.2) is 4.79 Å². The van der Waals surface area contributed by atoms with Crippen LogP contribution in [-0.4, -0.2) is 76.5 Å². The molecule has 4 atom stereocenters. The van der Waals surface area contributed by atoms with Crippen LogP contribution in [0.1, 0.15) is 58.8 Å². The molecule has 0 radical (unpaired) electrons. The molecule has 4 amide bonds. The smallest absolute Gasteiger partial charge is 0.326 e. The monoisotopic (exact) mass is 502 g/mol. The van der Waals surface area contributed by atoms with Crippen LogP contribution < -0.4 is 33.2 Å². The number of nitrogens with two attached hydrogens (primary N) is 3. The van der Waals surface area contributed by atoms with E-state index in [1.165, 1.54) is 0 Å². The number of carboxylic acid groups (broad SMARTS) is 2. The molecule has 14 nitrogen and oxygen atoms in total. The van der Waals surface area contributed by atoms with Crippen molar-refractivity contribution >= 4 is 35.6 Å². The molecular formula is C21H38N6O8. The van der Waals surface area contributed by atoms with E-state index in [0.717, 1.165) is 0 Å². The highest BCUT2D eigenvalue weighted by atomic mass is 16.4. The molecule has 0 aromatic carbocycles. The SMILES string of the molecule is CC(C)CC(N)C(=O)NC(CCC(N)=O)C(=O)NC(CC(=O)O)C(=O)NC(CCCCN)C(=O)O. The van der Waals surface area contributed by atoms with Crippen molar-refractivity contribution < 1.29 is 39.0 Å². The standard InChI is InChI=1S/C21H38N6O8/c1-11(2)9-12(23)18(31)25-13(6-7-16(24)28)19(32)27-15(10-17(29)30)20(33)26-14(21(34)35)5-3-4-8-22/h11-15H,3-10,22-23H2,1-2H3,(H2,24,28)(H,25,31)(H,26,33)(H,27,32)(H,29,30)(H,34,35). The van der Waals surface area contributed by atoms with Gasteiger partial charge in [0.05, 0.1) is 12.5 Å². The highest BCUT2D eigenvalue weighted by Gasteiger charge is 2.31. The fourth-order valence-corrected chi connectivity index (χ4v) is 3.13. The van der Waals surface area contributed by atoms with Crippen LogP contribution in [0.4, 0.5) is 0 Å². The number of aliphatic carboxylic acids is 2. The molecule has 0 aliphatic carbocycles. The molecule has 0 aromatic heterocycles. The second-order valence-corrected chi connectivity index (χ2v) is 8.65. The van der Waals surface area contributed by atoms with Gasteiger partial charge in [0.2, 0.25) is 23.6 Å². The second-order valence-electron chi connectivity index (χ2n) is 8.65. The average Bonchev–Trinajstić information content (AvgIpc) is 2.73. The topological polar surface area (TPSA) is 257 Å². The third-order valence-electron chi connectivity index (χ3n) is 4.95. The van der Waals surface area contributed by atoms with Gasteiger partial charge in [-0.2, -0.15) is 0 Å². The number of primary amides is 1. The van der Waals surface area contributed by atoms with Gasteiger partial charge >= 0.3 is 11.9 Å². The van der Waals surface area contributed by atoms with Crippen LogP contribution >= 0.6 is 0 Å². The summed E-state index contributed by atoms with van der Waals surface area (Å²) in [5, 5.41) is 25.3. The van der Waals surface area contributed by atoms with Crippen molar-refractivity contribution in [3.8, 4) is 0 Å². The van der Waals surface area contributed by atoms with Crippen LogP contribution in [0, 0.1) is 5.92 Å². The largest absolute Gasteiger partial charge is 0.481 e.